The molecule has 0 atom stereocenters. The van der Waals surface area contributed by atoms with Crippen molar-refractivity contribution in [1.82, 2.24) is 10.3 Å². The van der Waals surface area contributed by atoms with Crippen LogP contribution in [0, 0.1) is 0 Å². The number of hydrogen-bond donors (Lipinski definition) is 2. The van der Waals surface area contributed by atoms with Crippen molar-refractivity contribution in [1.29, 1.82) is 0 Å². The largest absolute Gasteiger partial charge is 0.497 e. The zero-order valence-electron chi connectivity index (χ0n) is 14.4. The molecule has 140 valence electrons. The summed E-state index contributed by atoms with van der Waals surface area (Å²) in [6.07, 6.45) is 0. The summed E-state index contributed by atoms with van der Waals surface area (Å²) in [4.78, 5) is 13.8. The molecule has 0 aromatic heterocycles. The second-order valence-corrected chi connectivity index (χ2v) is 6.70. The number of ether oxygens (including phenoxy) is 3. The molecular formula is C17H20N2O6S. The maximum Gasteiger partial charge on any atom is 0.272 e. The zero-order valence-corrected chi connectivity index (χ0v) is 15.2. The highest BCUT2D eigenvalue weighted by Crippen LogP contribution is 2.17. The Kier molecular flexibility index (Phi) is 6.81. The molecule has 1 amide bonds. The molecule has 0 saturated carbocycles. The minimum Gasteiger partial charge on any atom is -0.497 e. The third kappa shape index (κ3) is 5.64. The fraction of sp³-hybridized carbons (Fsp3) is 0.235. The van der Waals surface area contributed by atoms with Crippen LogP contribution < -0.4 is 24.5 Å². The fourth-order valence-corrected chi connectivity index (χ4v) is 2.78. The molecule has 2 rings (SSSR count). The number of carbonyl (C=O) groups is 1. The van der Waals surface area contributed by atoms with Crippen LogP contribution in [0.5, 0.6) is 17.2 Å². The number of rotatable bonds is 9. The van der Waals surface area contributed by atoms with Crippen molar-refractivity contribution in [3.05, 3.63) is 48.5 Å². The number of amides is 1. The predicted molar refractivity (Wildman–Crippen MR) is 94.6 cm³/mol. The molecular weight excluding hydrogens is 360 g/mol. The molecule has 2 aromatic rings. The first kappa shape index (κ1) is 19.5. The molecule has 0 saturated heterocycles. The van der Waals surface area contributed by atoms with Gasteiger partial charge in [-0.05, 0) is 55.5 Å². The van der Waals surface area contributed by atoms with E-state index in [1.807, 2.05) is 11.8 Å². The van der Waals surface area contributed by atoms with Gasteiger partial charge in [0.25, 0.3) is 15.9 Å². The van der Waals surface area contributed by atoms with Gasteiger partial charge in [-0.3, -0.25) is 10.2 Å². The highest BCUT2D eigenvalue weighted by Gasteiger charge is 2.15. The number of hydrogen-bond acceptors (Lipinski definition) is 6. The van der Waals surface area contributed by atoms with Crippen molar-refractivity contribution in [2.24, 2.45) is 0 Å². The van der Waals surface area contributed by atoms with E-state index < -0.39 is 15.9 Å². The van der Waals surface area contributed by atoms with Crippen molar-refractivity contribution in [2.75, 3.05) is 20.3 Å². The fourth-order valence-electron chi connectivity index (χ4n) is 1.92. The molecule has 0 aliphatic heterocycles. The molecule has 0 spiro atoms. The van der Waals surface area contributed by atoms with Gasteiger partial charge in [0.15, 0.2) is 6.61 Å². The van der Waals surface area contributed by atoms with Gasteiger partial charge in [0, 0.05) is 0 Å². The quantitative estimate of drug-likeness (QED) is 0.639. The molecule has 0 aliphatic carbocycles. The number of hydrazine groups is 1. The van der Waals surface area contributed by atoms with Crippen molar-refractivity contribution in [3.8, 4) is 17.2 Å². The summed E-state index contributed by atoms with van der Waals surface area (Å²) in [6, 6.07) is 12.5. The van der Waals surface area contributed by atoms with Crippen LogP contribution >= 0.6 is 0 Å². The first-order chi connectivity index (χ1) is 12.4. The van der Waals surface area contributed by atoms with E-state index >= 15 is 0 Å². The topological polar surface area (TPSA) is 103 Å². The highest BCUT2D eigenvalue weighted by atomic mass is 32.2. The third-order valence-electron chi connectivity index (χ3n) is 3.20. The van der Waals surface area contributed by atoms with Crippen LogP contribution in [-0.4, -0.2) is 34.6 Å². The van der Waals surface area contributed by atoms with E-state index in [1.54, 1.807) is 31.4 Å². The molecule has 0 radical (unpaired) electrons. The Morgan fingerprint density at radius 2 is 1.46 bits per heavy atom. The number of carbonyl (C=O) groups excluding carboxylic acids is 1. The average molecular weight is 380 g/mol. The molecule has 8 nitrogen and oxygen atoms in total. The molecule has 9 heteroatoms. The Bertz CT molecular complexity index is 819. The maximum atomic E-state index is 12.1. The van der Waals surface area contributed by atoms with E-state index in [0.717, 1.165) is 0 Å². The summed E-state index contributed by atoms with van der Waals surface area (Å²) in [6.45, 7) is 1.96. The molecule has 0 unspecified atom stereocenters. The Morgan fingerprint density at radius 1 is 0.923 bits per heavy atom. The molecule has 0 bridgehead atoms. The van der Waals surface area contributed by atoms with E-state index in [-0.39, 0.29) is 11.5 Å². The lowest BCUT2D eigenvalue weighted by molar-refractivity contribution is -0.123. The van der Waals surface area contributed by atoms with Crippen molar-refractivity contribution in [2.45, 2.75) is 11.8 Å². The lowest BCUT2D eigenvalue weighted by Gasteiger charge is -2.10. The zero-order chi connectivity index (χ0) is 19.0. The van der Waals surface area contributed by atoms with Gasteiger partial charge in [-0.2, -0.15) is 0 Å². The standard InChI is InChI=1S/C17H20N2O6S/c1-3-24-14-8-10-16(11-9-14)26(21,22)19-18-17(20)12-25-15-6-4-13(23-2)5-7-15/h4-11,19H,3,12H2,1-2H3,(H,18,20). The maximum absolute atomic E-state index is 12.1. The van der Waals surface area contributed by atoms with Gasteiger partial charge in [0.05, 0.1) is 18.6 Å². The monoisotopic (exact) mass is 380 g/mol. The first-order valence-corrected chi connectivity index (χ1v) is 9.23. The van der Waals surface area contributed by atoms with E-state index in [0.29, 0.717) is 23.9 Å². The summed E-state index contributed by atoms with van der Waals surface area (Å²) in [7, 11) is -2.35. The minimum absolute atomic E-state index is 0.00248. The molecule has 0 fully saturated rings. The number of methoxy groups -OCH3 is 1. The summed E-state index contributed by atoms with van der Waals surface area (Å²) in [5.74, 6) is 1.03. The molecule has 2 aromatic carbocycles. The molecule has 2 N–H and O–H groups in total. The van der Waals surface area contributed by atoms with E-state index in [4.69, 9.17) is 14.2 Å². The normalized spacial score (nSPS) is 10.8. The summed E-state index contributed by atoms with van der Waals surface area (Å²) < 4.78 is 39.8. The smallest absolute Gasteiger partial charge is 0.272 e. The molecule has 26 heavy (non-hydrogen) atoms. The van der Waals surface area contributed by atoms with Gasteiger partial charge < -0.3 is 14.2 Å². The van der Waals surface area contributed by atoms with Crippen LogP contribution in [0.3, 0.4) is 0 Å². The van der Waals surface area contributed by atoms with Crippen LogP contribution in [0.4, 0.5) is 0 Å². The van der Waals surface area contributed by atoms with Crippen LogP contribution in [0.1, 0.15) is 6.92 Å². The van der Waals surface area contributed by atoms with E-state index in [1.165, 1.54) is 24.3 Å². The molecule has 0 aliphatic rings. The summed E-state index contributed by atoms with van der Waals surface area (Å²) >= 11 is 0. The Labute approximate surface area is 152 Å². The second kappa shape index (κ2) is 9.07. The first-order valence-electron chi connectivity index (χ1n) is 7.75. The Hall–Kier alpha value is -2.78. The number of benzene rings is 2. The van der Waals surface area contributed by atoms with E-state index in [2.05, 4.69) is 5.43 Å². The van der Waals surface area contributed by atoms with Crippen molar-refractivity contribution in [3.63, 3.8) is 0 Å². The summed E-state index contributed by atoms with van der Waals surface area (Å²) in [5.41, 5.74) is 2.10. The number of nitrogens with one attached hydrogen (secondary N) is 2. The predicted octanol–water partition coefficient (Wildman–Crippen LogP) is 1.48. The van der Waals surface area contributed by atoms with Gasteiger partial charge in [-0.15, -0.1) is 4.83 Å². The van der Waals surface area contributed by atoms with Crippen molar-refractivity contribution >= 4 is 15.9 Å². The van der Waals surface area contributed by atoms with Gasteiger partial charge in [-0.25, -0.2) is 8.42 Å². The van der Waals surface area contributed by atoms with Gasteiger partial charge in [0.2, 0.25) is 0 Å². The van der Waals surface area contributed by atoms with Gasteiger partial charge in [0.1, 0.15) is 17.2 Å². The SMILES string of the molecule is CCOc1ccc(S(=O)(=O)NNC(=O)COc2ccc(OC)cc2)cc1. The van der Waals surface area contributed by atoms with Crippen LogP contribution in [-0.2, 0) is 14.8 Å². The van der Waals surface area contributed by atoms with Crippen LogP contribution in [0.2, 0.25) is 0 Å². The minimum atomic E-state index is -3.89. The lowest BCUT2D eigenvalue weighted by Crippen LogP contribution is -2.43. The highest BCUT2D eigenvalue weighted by molar-refractivity contribution is 7.89. The number of sulfonamides is 1. The summed E-state index contributed by atoms with van der Waals surface area (Å²) in [5, 5.41) is 0. The van der Waals surface area contributed by atoms with Crippen LogP contribution in [0.15, 0.2) is 53.4 Å². The Morgan fingerprint density at radius 3 is 2.04 bits per heavy atom. The second-order valence-electron chi connectivity index (χ2n) is 5.02. The van der Waals surface area contributed by atoms with Crippen LogP contribution in [0.25, 0.3) is 0 Å². The average Bonchev–Trinajstić information content (AvgIpc) is 2.66. The lowest BCUT2D eigenvalue weighted by atomic mass is 10.3. The van der Waals surface area contributed by atoms with E-state index in [9.17, 15) is 13.2 Å². The van der Waals surface area contributed by atoms with Crippen molar-refractivity contribution < 1.29 is 27.4 Å². The van der Waals surface area contributed by atoms with Gasteiger partial charge in [-0.1, -0.05) is 0 Å². The third-order valence-corrected chi connectivity index (χ3v) is 4.46. The molecule has 0 heterocycles. The van der Waals surface area contributed by atoms with Gasteiger partial charge >= 0.3 is 0 Å². The Balaban J connectivity index is 1.84.